The minimum atomic E-state index is -1.14. The molecule has 40 heavy (non-hydrogen) atoms. The second kappa shape index (κ2) is 12.1. The number of fused-ring (bicyclic) bond motifs is 1. The van der Waals surface area contributed by atoms with Crippen molar-refractivity contribution < 1.29 is 29.0 Å². The van der Waals surface area contributed by atoms with E-state index in [0.29, 0.717) is 31.0 Å². The van der Waals surface area contributed by atoms with Crippen molar-refractivity contribution in [3.63, 3.8) is 0 Å². The molecule has 4 rings (SSSR count). The van der Waals surface area contributed by atoms with Gasteiger partial charge in [-0.3, -0.25) is 14.4 Å². The molecule has 3 saturated heterocycles. The van der Waals surface area contributed by atoms with Crippen molar-refractivity contribution in [1.29, 1.82) is 0 Å². The van der Waals surface area contributed by atoms with Crippen LogP contribution in [0.25, 0.3) is 0 Å². The number of carbonyl (C=O) groups is 3. The molecule has 1 aromatic rings. The van der Waals surface area contributed by atoms with Crippen molar-refractivity contribution in [2.75, 3.05) is 25.1 Å². The molecule has 9 nitrogen and oxygen atoms in total. The van der Waals surface area contributed by atoms with Gasteiger partial charge in [-0.1, -0.05) is 47.0 Å². The number of nitrogens with zero attached hydrogens (tertiary/aromatic N) is 1. The summed E-state index contributed by atoms with van der Waals surface area (Å²) < 4.78 is 12.3. The normalized spacial score (nSPS) is 32.1. The zero-order valence-electron chi connectivity index (χ0n) is 24.9. The Kier molecular flexibility index (Phi) is 9.15. The summed E-state index contributed by atoms with van der Waals surface area (Å²) in [6, 6.07) is 5.68. The van der Waals surface area contributed by atoms with Gasteiger partial charge in [-0.2, -0.15) is 0 Å². The van der Waals surface area contributed by atoms with Gasteiger partial charge in [0.25, 0.3) is 0 Å². The van der Waals surface area contributed by atoms with E-state index in [9.17, 15) is 19.5 Å². The number of anilines is 1. The third-order valence-corrected chi connectivity index (χ3v) is 9.64. The Morgan fingerprint density at radius 3 is 2.48 bits per heavy atom. The molecule has 3 fully saturated rings. The number of ether oxygens (including phenoxy) is 2. The maximum Gasteiger partial charge on any atom is 0.245 e. The molecule has 0 aliphatic carbocycles. The number of hydrogen-bond acceptors (Lipinski definition) is 6. The van der Waals surface area contributed by atoms with Crippen molar-refractivity contribution in [2.45, 2.75) is 96.9 Å². The van der Waals surface area contributed by atoms with Crippen LogP contribution in [0.4, 0.5) is 5.69 Å². The van der Waals surface area contributed by atoms with Gasteiger partial charge in [0.2, 0.25) is 17.7 Å². The van der Waals surface area contributed by atoms with Gasteiger partial charge in [-0.25, -0.2) is 0 Å². The molecule has 3 amide bonds. The van der Waals surface area contributed by atoms with Gasteiger partial charge in [0.1, 0.15) is 17.4 Å². The number of nitrogens with one attached hydrogen (secondary N) is 2. The molecule has 2 bridgehead atoms. The third kappa shape index (κ3) is 5.00. The van der Waals surface area contributed by atoms with Crippen molar-refractivity contribution in [3.8, 4) is 5.75 Å². The predicted octanol–water partition coefficient (Wildman–Crippen LogP) is 3.75. The van der Waals surface area contributed by atoms with Crippen molar-refractivity contribution >= 4 is 23.4 Å². The van der Waals surface area contributed by atoms with Crippen LogP contribution in [0.2, 0.25) is 0 Å². The second-order valence-corrected chi connectivity index (χ2v) is 12.0. The summed E-state index contributed by atoms with van der Waals surface area (Å²) in [4.78, 5) is 43.8. The summed E-state index contributed by atoms with van der Waals surface area (Å²) in [5, 5.41) is 16.5. The summed E-state index contributed by atoms with van der Waals surface area (Å²) in [5.41, 5.74) is -1.45. The van der Waals surface area contributed by atoms with E-state index in [1.54, 1.807) is 29.2 Å². The predicted molar refractivity (Wildman–Crippen MR) is 153 cm³/mol. The number of rotatable bonds is 13. The average Bonchev–Trinajstić information content (AvgIpc) is 3.45. The van der Waals surface area contributed by atoms with Gasteiger partial charge in [-0.05, 0) is 62.8 Å². The van der Waals surface area contributed by atoms with E-state index < -0.39 is 35.1 Å². The number of likely N-dealkylation sites (tertiary alicyclic amines) is 1. The van der Waals surface area contributed by atoms with Crippen LogP contribution >= 0.6 is 0 Å². The summed E-state index contributed by atoms with van der Waals surface area (Å²) in [6.45, 7) is 12.7. The highest BCUT2D eigenvalue weighted by atomic mass is 16.5. The van der Waals surface area contributed by atoms with E-state index in [1.807, 2.05) is 34.6 Å². The molecule has 9 heteroatoms. The van der Waals surface area contributed by atoms with Gasteiger partial charge in [0, 0.05) is 12.2 Å². The van der Waals surface area contributed by atoms with E-state index >= 15 is 0 Å². The highest BCUT2D eigenvalue weighted by Gasteiger charge is 2.80. The molecule has 3 aliphatic heterocycles. The van der Waals surface area contributed by atoms with Gasteiger partial charge in [0.15, 0.2) is 0 Å². The smallest absolute Gasteiger partial charge is 0.245 e. The fourth-order valence-electron chi connectivity index (χ4n) is 7.25. The molecule has 8 atom stereocenters. The number of aliphatic hydroxyl groups excluding tert-OH is 1. The summed E-state index contributed by atoms with van der Waals surface area (Å²) in [7, 11) is 0. The van der Waals surface area contributed by atoms with Crippen LogP contribution in [0.1, 0.15) is 73.6 Å². The zero-order valence-corrected chi connectivity index (χ0v) is 24.9. The van der Waals surface area contributed by atoms with Crippen molar-refractivity contribution in [1.82, 2.24) is 10.2 Å². The monoisotopic (exact) mass is 557 g/mol. The number of hydrogen-bond donors (Lipinski definition) is 3. The van der Waals surface area contributed by atoms with E-state index in [2.05, 4.69) is 17.6 Å². The van der Waals surface area contributed by atoms with Crippen molar-refractivity contribution in [2.24, 2.45) is 23.7 Å². The molecular weight excluding hydrogens is 510 g/mol. The molecule has 3 heterocycles. The van der Waals surface area contributed by atoms with E-state index in [1.165, 1.54) is 0 Å². The quantitative estimate of drug-likeness (QED) is 0.318. The van der Waals surface area contributed by atoms with Crippen LogP contribution in [0.5, 0.6) is 5.75 Å². The number of unbranched alkanes of at least 4 members (excludes halogenated alkanes) is 2. The Labute approximate surface area is 238 Å². The molecule has 222 valence electrons. The summed E-state index contributed by atoms with van der Waals surface area (Å²) >= 11 is 0. The molecule has 0 radical (unpaired) electrons. The van der Waals surface area contributed by atoms with Crippen LogP contribution < -0.4 is 15.4 Å². The summed E-state index contributed by atoms with van der Waals surface area (Å²) in [6.07, 6.45) is 4.09. The molecular formula is C31H47N3O6. The number of carbonyl (C=O) groups excluding carboxylic acids is 3. The van der Waals surface area contributed by atoms with Crippen LogP contribution in [0.15, 0.2) is 24.3 Å². The van der Waals surface area contributed by atoms with E-state index in [0.717, 1.165) is 25.7 Å². The third-order valence-electron chi connectivity index (χ3n) is 9.64. The first-order valence-electron chi connectivity index (χ1n) is 15.0. The maximum atomic E-state index is 14.4. The Morgan fingerprint density at radius 2 is 1.88 bits per heavy atom. The Morgan fingerprint density at radius 1 is 1.18 bits per heavy atom. The van der Waals surface area contributed by atoms with Crippen LogP contribution in [-0.2, 0) is 19.1 Å². The van der Waals surface area contributed by atoms with E-state index in [-0.39, 0.29) is 36.2 Å². The van der Waals surface area contributed by atoms with Gasteiger partial charge >= 0.3 is 0 Å². The average molecular weight is 558 g/mol. The highest BCUT2D eigenvalue weighted by Crippen LogP contribution is 2.65. The topological polar surface area (TPSA) is 117 Å². The molecule has 3 aliphatic rings. The van der Waals surface area contributed by atoms with Crippen molar-refractivity contribution in [3.05, 3.63) is 24.3 Å². The fraction of sp³-hybridized carbons (Fsp3) is 0.710. The Bertz CT molecular complexity index is 1080. The highest BCUT2D eigenvalue weighted by molar-refractivity contribution is 6.02. The minimum absolute atomic E-state index is 0.0408. The lowest BCUT2D eigenvalue weighted by Crippen LogP contribution is -2.59. The Hall–Kier alpha value is -2.65. The largest absolute Gasteiger partial charge is 0.494 e. The van der Waals surface area contributed by atoms with Gasteiger partial charge < -0.3 is 30.1 Å². The molecule has 3 N–H and O–H groups in total. The molecule has 3 unspecified atom stereocenters. The van der Waals surface area contributed by atoms with Crippen LogP contribution in [0, 0.1) is 23.7 Å². The second-order valence-electron chi connectivity index (χ2n) is 12.0. The lowest BCUT2D eigenvalue weighted by Gasteiger charge is -2.39. The van der Waals surface area contributed by atoms with Gasteiger partial charge in [-0.15, -0.1) is 0 Å². The Balaban J connectivity index is 1.70. The first-order chi connectivity index (χ1) is 19.1. The SMILES string of the molecule is CCCCCNC(=O)C1N([C@@H](CO)[C@@H](C)CC)C(=O)[C@@H]2[C@@H](C(=O)Nc3ccc(OCC)cc3)[C@]3(C)OC12CC3C. The lowest BCUT2D eigenvalue weighted by molar-refractivity contribution is -0.151. The maximum absolute atomic E-state index is 14.4. The standard InChI is InChI=1S/C31H47N3O6/c1-7-10-11-16-32-28(37)26-31-17-20(5)30(6,40-31)24(25(31)29(38)34(26)23(18-35)19(4)8-2)27(36)33-21-12-14-22(15-13-21)39-9-3/h12-15,19-20,23-26,35H,7-11,16-18H2,1-6H3,(H,32,37)(H,33,36)/t19-,20?,23-,24-,25-,26?,30+,31?/m0/s1. The molecule has 1 aromatic carbocycles. The summed E-state index contributed by atoms with van der Waals surface area (Å²) in [5.74, 6) is -1.84. The zero-order chi connectivity index (χ0) is 29.2. The first kappa shape index (κ1) is 30.3. The molecule has 0 aromatic heterocycles. The lowest BCUT2D eigenvalue weighted by atomic mass is 9.62. The molecule has 0 saturated carbocycles. The number of aliphatic hydroxyl groups is 1. The van der Waals surface area contributed by atoms with Gasteiger partial charge in [0.05, 0.1) is 36.7 Å². The minimum Gasteiger partial charge on any atom is -0.494 e. The van der Waals surface area contributed by atoms with Crippen LogP contribution in [-0.4, -0.2) is 70.8 Å². The fourth-order valence-corrected chi connectivity index (χ4v) is 7.25. The molecule has 1 spiro atoms. The number of benzene rings is 1. The first-order valence-corrected chi connectivity index (χ1v) is 15.0. The number of amides is 3. The van der Waals surface area contributed by atoms with Crippen LogP contribution in [0.3, 0.4) is 0 Å². The van der Waals surface area contributed by atoms with E-state index in [4.69, 9.17) is 9.47 Å².